The molecule has 2 aromatic carbocycles. The van der Waals surface area contributed by atoms with Crippen LogP contribution in [-0.4, -0.2) is 75.6 Å². The maximum absolute atomic E-state index is 12.7. The van der Waals surface area contributed by atoms with Crippen molar-refractivity contribution in [3.05, 3.63) is 84.2 Å². The Balaban J connectivity index is 0.000000232. The maximum Gasteiger partial charge on any atom is 0.325 e. The lowest BCUT2D eigenvalue weighted by Crippen LogP contribution is -2.35. The molecule has 2 amide bonds. The number of esters is 2. The predicted octanol–water partition coefficient (Wildman–Crippen LogP) is 2.33. The number of carbonyl (C=O) groups is 4. The highest BCUT2D eigenvalue weighted by Crippen LogP contribution is 2.33. The van der Waals surface area contributed by atoms with Gasteiger partial charge in [0.05, 0.1) is 30.9 Å². The number of fused-ring (bicyclic) bond motifs is 2. The lowest BCUT2D eigenvalue weighted by Gasteiger charge is -2.13. The number of halogens is 1. The number of nitrogens with zero attached hydrogens (tertiary/aromatic N) is 3. The van der Waals surface area contributed by atoms with Crippen molar-refractivity contribution >= 4 is 61.5 Å². The minimum Gasteiger partial charge on any atom is -0.506 e. The Kier molecular flexibility index (Phi) is 11.1. The molecule has 0 fully saturated rings. The third-order valence-electron chi connectivity index (χ3n) is 7.72. The summed E-state index contributed by atoms with van der Waals surface area (Å²) < 4.78 is 17.3. The molecule has 16 nitrogen and oxygen atoms in total. The smallest absolute Gasteiger partial charge is 0.325 e. The second-order valence-electron chi connectivity index (χ2n) is 10.8. The van der Waals surface area contributed by atoms with E-state index < -0.39 is 70.6 Å². The van der Waals surface area contributed by atoms with Crippen LogP contribution in [0.1, 0.15) is 32.2 Å². The summed E-state index contributed by atoms with van der Waals surface area (Å²) in [6.45, 7) is 2.78. The highest BCUT2D eigenvalue weighted by atomic mass is 79.9. The van der Waals surface area contributed by atoms with Crippen molar-refractivity contribution in [1.29, 1.82) is 0 Å². The van der Waals surface area contributed by atoms with Crippen molar-refractivity contribution in [1.82, 2.24) is 24.9 Å². The molecule has 0 bridgehead atoms. The van der Waals surface area contributed by atoms with Crippen LogP contribution in [0.3, 0.4) is 0 Å². The van der Waals surface area contributed by atoms with E-state index in [4.69, 9.17) is 4.52 Å². The number of hydrogen-bond donors (Lipinski definition) is 4. The van der Waals surface area contributed by atoms with E-state index in [1.54, 1.807) is 50.2 Å². The molecule has 0 aliphatic heterocycles. The molecular weight excluding hydrogens is 722 g/mol. The van der Waals surface area contributed by atoms with E-state index in [0.29, 0.717) is 33.3 Å². The average Bonchev–Trinajstić information content (AvgIpc) is 3.44. The molecular formula is C33H32BrN5O11. The van der Waals surface area contributed by atoms with E-state index in [1.165, 1.54) is 37.4 Å². The van der Waals surface area contributed by atoms with Gasteiger partial charge in [-0.3, -0.25) is 28.8 Å². The molecule has 5 aromatic rings. The van der Waals surface area contributed by atoms with E-state index in [2.05, 4.69) is 41.2 Å². The third kappa shape index (κ3) is 7.21. The Morgan fingerprint density at radius 3 is 1.70 bits per heavy atom. The maximum atomic E-state index is 12.7. The molecule has 17 heteroatoms. The average molecular weight is 755 g/mol. The zero-order chi connectivity index (χ0) is 37.0. The molecule has 5 rings (SSSR count). The highest BCUT2D eigenvalue weighted by Gasteiger charge is 2.24. The minimum absolute atomic E-state index is 0.320. The Labute approximate surface area is 291 Å². The van der Waals surface area contributed by atoms with Gasteiger partial charge in [-0.25, -0.2) is 0 Å². The van der Waals surface area contributed by atoms with Gasteiger partial charge in [-0.1, -0.05) is 27.2 Å². The largest absolute Gasteiger partial charge is 0.506 e. The first-order chi connectivity index (χ1) is 23.6. The van der Waals surface area contributed by atoms with Gasteiger partial charge in [0.2, 0.25) is 0 Å². The fourth-order valence-corrected chi connectivity index (χ4v) is 5.45. The molecule has 3 heterocycles. The number of pyridine rings is 2. The van der Waals surface area contributed by atoms with Crippen LogP contribution >= 0.6 is 15.9 Å². The molecule has 0 aliphatic carbocycles. The zero-order valence-corrected chi connectivity index (χ0v) is 29.3. The van der Waals surface area contributed by atoms with E-state index in [9.17, 15) is 39.0 Å². The molecule has 0 radical (unpaired) electrons. The minimum atomic E-state index is -0.861. The van der Waals surface area contributed by atoms with Crippen LogP contribution in [0, 0.1) is 13.8 Å². The number of carbonyl (C=O) groups excluding carboxylic acids is 4. The number of aromatic hydroxyl groups is 2. The van der Waals surface area contributed by atoms with Crippen LogP contribution in [0.4, 0.5) is 0 Å². The van der Waals surface area contributed by atoms with Crippen LogP contribution in [0.15, 0.2) is 55.0 Å². The number of benzene rings is 2. The molecule has 3 aromatic heterocycles. The van der Waals surface area contributed by atoms with Gasteiger partial charge in [0.1, 0.15) is 41.5 Å². The summed E-state index contributed by atoms with van der Waals surface area (Å²) >= 11 is 3.28. The Bertz CT molecular complexity index is 2290. The number of aryl methyl sites for hydroxylation is 4. The van der Waals surface area contributed by atoms with Crippen LogP contribution < -0.4 is 21.8 Å². The summed E-state index contributed by atoms with van der Waals surface area (Å²) in [6, 6.07) is 10.0. The lowest BCUT2D eigenvalue weighted by molar-refractivity contribution is -0.140. The fourth-order valence-electron chi connectivity index (χ4n) is 5.10. The summed E-state index contributed by atoms with van der Waals surface area (Å²) in [7, 11) is 5.35. The second kappa shape index (κ2) is 15.1. The molecule has 50 heavy (non-hydrogen) atoms. The van der Waals surface area contributed by atoms with E-state index >= 15 is 0 Å². The van der Waals surface area contributed by atoms with E-state index in [-0.39, 0.29) is 0 Å². The molecule has 0 atom stereocenters. The molecule has 0 aliphatic rings. The predicted molar refractivity (Wildman–Crippen MR) is 183 cm³/mol. The number of methoxy groups -OCH3 is 2. The SMILES string of the molecule is COC(=O)CNC(=O)c1c(O)c2ccc(-c3c(C)noc3C)cc2n(C)c1=O.COC(=O)CNC(=O)c1c(O)c2ccc(Br)cc2n(C)c1=O. The van der Waals surface area contributed by atoms with Crippen LogP contribution in [0.25, 0.3) is 32.9 Å². The van der Waals surface area contributed by atoms with Crippen molar-refractivity contribution in [2.75, 3.05) is 27.3 Å². The number of rotatable bonds is 7. The number of amides is 2. The molecule has 0 unspecified atom stereocenters. The van der Waals surface area contributed by atoms with Gasteiger partial charge in [-0.15, -0.1) is 0 Å². The van der Waals surface area contributed by atoms with Crippen LogP contribution in [0.2, 0.25) is 0 Å². The second-order valence-corrected chi connectivity index (χ2v) is 11.7. The summed E-state index contributed by atoms with van der Waals surface area (Å²) in [5.74, 6) is -3.28. The van der Waals surface area contributed by atoms with Gasteiger partial charge < -0.3 is 44.0 Å². The van der Waals surface area contributed by atoms with Crippen molar-refractivity contribution in [3.63, 3.8) is 0 Å². The summed E-state index contributed by atoms with van der Waals surface area (Å²) in [6.07, 6.45) is 0. The van der Waals surface area contributed by atoms with Gasteiger partial charge in [0.15, 0.2) is 0 Å². The normalized spacial score (nSPS) is 10.7. The van der Waals surface area contributed by atoms with Crippen molar-refractivity contribution in [2.24, 2.45) is 14.1 Å². The Morgan fingerprint density at radius 2 is 1.26 bits per heavy atom. The third-order valence-corrected chi connectivity index (χ3v) is 8.21. The van der Waals surface area contributed by atoms with E-state index in [1.807, 2.05) is 0 Å². The number of ether oxygens (including phenoxy) is 2. The van der Waals surface area contributed by atoms with Gasteiger partial charge in [-0.05, 0) is 49.7 Å². The van der Waals surface area contributed by atoms with Crippen LogP contribution in [0.5, 0.6) is 11.5 Å². The quantitative estimate of drug-likeness (QED) is 0.176. The standard InChI is InChI=1S/C19H19N3O6.C14H13BrN2O5/c1-9-15(10(2)28-21-9)11-5-6-12-13(7-11)22(3)19(26)16(17(12)24)18(25)20-8-14(23)27-4;1-17-9-5-7(15)3-4-8(9)12(19)11(14(17)21)13(20)16-6-10(18)22-2/h5-7,24H,8H2,1-4H3,(H,20,25);3-5,19H,6H2,1-2H3,(H,16,20). The molecule has 0 spiro atoms. The summed E-state index contributed by atoms with van der Waals surface area (Å²) in [5, 5.41) is 29.9. The molecule has 0 saturated heterocycles. The topological polar surface area (TPSA) is 221 Å². The first-order valence-corrected chi connectivity index (χ1v) is 15.4. The van der Waals surface area contributed by atoms with Crippen molar-refractivity contribution < 1.29 is 43.4 Å². The zero-order valence-electron chi connectivity index (χ0n) is 27.7. The number of hydrogen-bond acceptors (Lipinski definition) is 12. The summed E-state index contributed by atoms with van der Waals surface area (Å²) in [4.78, 5) is 71.6. The highest BCUT2D eigenvalue weighted by molar-refractivity contribution is 9.10. The molecule has 262 valence electrons. The van der Waals surface area contributed by atoms with Crippen molar-refractivity contribution in [2.45, 2.75) is 13.8 Å². The molecule has 0 saturated carbocycles. The van der Waals surface area contributed by atoms with Gasteiger partial charge in [0.25, 0.3) is 22.9 Å². The van der Waals surface area contributed by atoms with Crippen LogP contribution in [-0.2, 0) is 33.2 Å². The first-order valence-electron chi connectivity index (χ1n) is 14.6. The summed E-state index contributed by atoms with van der Waals surface area (Å²) in [5.41, 5.74) is 0.963. The Morgan fingerprint density at radius 1 is 0.800 bits per heavy atom. The first kappa shape index (κ1) is 36.9. The molecule has 4 N–H and O–H groups in total. The number of aromatic nitrogens is 3. The monoisotopic (exact) mass is 753 g/mol. The van der Waals surface area contributed by atoms with Crippen molar-refractivity contribution in [3.8, 4) is 22.6 Å². The van der Waals surface area contributed by atoms with Gasteiger partial charge >= 0.3 is 11.9 Å². The lowest BCUT2D eigenvalue weighted by atomic mass is 10.0. The Hall–Kier alpha value is -5.97. The van der Waals surface area contributed by atoms with Gasteiger partial charge in [0, 0.05) is 34.9 Å². The number of nitrogens with one attached hydrogen (secondary N) is 2. The fraction of sp³-hybridized carbons (Fsp3) is 0.242. The van der Waals surface area contributed by atoms with Gasteiger partial charge in [-0.2, -0.15) is 0 Å². The van der Waals surface area contributed by atoms with E-state index in [0.717, 1.165) is 15.6 Å².